The summed E-state index contributed by atoms with van der Waals surface area (Å²) in [5, 5.41) is 2.72. The molecule has 2 aromatic rings. The van der Waals surface area contributed by atoms with Crippen LogP contribution < -0.4 is 10.2 Å². The third kappa shape index (κ3) is 4.18. The van der Waals surface area contributed by atoms with Gasteiger partial charge in [-0.3, -0.25) is 9.59 Å². The highest BCUT2D eigenvalue weighted by atomic mass is 16.2. The molecule has 1 aliphatic rings. The van der Waals surface area contributed by atoms with Crippen LogP contribution in [0.2, 0.25) is 0 Å². The standard InChI is InChI=1S/C20H23N3O2/c1-16-15-22(18-10-6-3-7-11-18)12-13-23(16)19(24)14-21-20(25)17-8-4-2-5-9-17/h2-11,16H,12-15H2,1H3,(H,21,25). The molecule has 0 saturated carbocycles. The smallest absolute Gasteiger partial charge is 0.251 e. The lowest BCUT2D eigenvalue weighted by Gasteiger charge is -2.41. The Balaban J connectivity index is 1.52. The first kappa shape index (κ1) is 17.0. The maximum atomic E-state index is 12.5. The predicted octanol–water partition coefficient (Wildman–Crippen LogP) is 2.15. The van der Waals surface area contributed by atoms with Gasteiger partial charge in [0.05, 0.1) is 6.54 Å². The van der Waals surface area contributed by atoms with Gasteiger partial charge in [0.15, 0.2) is 0 Å². The number of nitrogens with one attached hydrogen (secondary N) is 1. The molecular weight excluding hydrogens is 314 g/mol. The predicted molar refractivity (Wildman–Crippen MR) is 98.6 cm³/mol. The van der Waals surface area contributed by atoms with Crippen molar-refractivity contribution in [1.82, 2.24) is 10.2 Å². The number of benzene rings is 2. The van der Waals surface area contributed by atoms with Crippen LogP contribution in [0.3, 0.4) is 0 Å². The SMILES string of the molecule is CC1CN(c2ccccc2)CCN1C(=O)CNC(=O)c1ccccc1. The first-order valence-corrected chi connectivity index (χ1v) is 8.58. The summed E-state index contributed by atoms with van der Waals surface area (Å²) >= 11 is 0. The Morgan fingerprint density at radius 1 is 1.00 bits per heavy atom. The van der Waals surface area contributed by atoms with Crippen molar-refractivity contribution in [2.75, 3.05) is 31.1 Å². The molecular formula is C20H23N3O2. The van der Waals surface area contributed by atoms with Crippen molar-refractivity contribution in [1.29, 1.82) is 0 Å². The minimum absolute atomic E-state index is 0.0312. The van der Waals surface area contributed by atoms with Crippen LogP contribution in [-0.4, -0.2) is 48.9 Å². The van der Waals surface area contributed by atoms with Crippen molar-refractivity contribution in [3.05, 3.63) is 66.2 Å². The Kier molecular flexibility index (Phi) is 5.33. The second kappa shape index (κ2) is 7.83. The van der Waals surface area contributed by atoms with E-state index in [0.717, 1.165) is 13.1 Å². The zero-order valence-electron chi connectivity index (χ0n) is 14.4. The van der Waals surface area contributed by atoms with Crippen molar-refractivity contribution in [2.45, 2.75) is 13.0 Å². The summed E-state index contributed by atoms with van der Waals surface area (Å²) in [6, 6.07) is 19.3. The number of anilines is 1. The van der Waals surface area contributed by atoms with Gasteiger partial charge in [0.2, 0.25) is 5.91 Å². The molecule has 1 fully saturated rings. The van der Waals surface area contributed by atoms with Crippen molar-refractivity contribution < 1.29 is 9.59 Å². The van der Waals surface area contributed by atoms with Gasteiger partial charge in [-0.25, -0.2) is 0 Å². The van der Waals surface area contributed by atoms with E-state index < -0.39 is 0 Å². The summed E-state index contributed by atoms with van der Waals surface area (Å²) < 4.78 is 0. The summed E-state index contributed by atoms with van der Waals surface area (Å²) in [7, 11) is 0. The van der Waals surface area contributed by atoms with Crippen LogP contribution in [0.1, 0.15) is 17.3 Å². The average molecular weight is 337 g/mol. The molecule has 0 radical (unpaired) electrons. The van der Waals surface area contributed by atoms with Crippen molar-refractivity contribution in [3.63, 3.8) is 0 Å². The topological polar surface area (TPSA) is 52.6 Å². The van der Waals surface area contributed by atoms with Gasteiger partial charge in [0, 0.05) is 36.9 Å². The molecule has 0 aromatic heterocycles. The lowest BCUT2D eigenvalue weighted by atomic mass is 10.1. The number of amides is 2. The highest BCUT2D eigenvalue weighted by molar-refractivity contribution is 5.96. The number of nitrogens with zero attached hydrogens (tertiary/aromatic N) is 2. The number of carbonyl (C=O) groups is 2. The third-order valence-electron chi connectivity index (χ3n) is 4.51. The van der Waals surface area contributed by atoms with Gasteiger partial charge in [0.25, 0.3) is 5.91 Å². The van der Waals surface area contributed by atoms with Gasteiger partial charge in [-0.2, -0.15) is 0 Å². The fourth-order valence-corrected chi connectivity index (χ4v) is 3.15. The van der Waals surface area contributed by atoms with Gasteiger partial charge in [-0.1, -0.05) is 36.4 Å². The van der Waals surface area contributed by atoms with E-state index in [-0.39, 0.29) is 24.4 Å². The lowest BCUT2D eigenvalue weighted by molar-refractivity contribution is -0.132. The maximum Gasteiger partial charge on any atom is 0.251 e. The molecule has 1 heterocycles. The molecule has 2 amide bonds. The average Bonchev–Trinajstić information content (AvgIpc) is 2.67. The Bertz CT molecular complexity index is 718. The Hall–Kier alpha value is -2.82. The molecule has 130 valence electrons. The largest absolute Gasteiger partial charge is 0.368 e. The number of rotatable bonds is 4. The van der Waals surface area contributed by atoms with E-state index in [1.54, 1.807) is 12.1 Å². The third-order valence-corrected chi connectivity index (χ3v) is 4.51. The van der Waals surface area contributed by atoms with E-state index in [1.807, 2.05) is 48.2 Å². The highest BCUT2D eigenvalue weighted by Crippen LogP contribution is 2.18. The van der Waals surface area contributed by atoms with E-state index in [2.05, 4.69) is 22.3 Å². The minimum atomic E-state index is -0.218. The Morgan fingerprint density at radius 2 is 1.64 bits per heavy atom. The van der Waals surface area contributed by atoms with Crippen LogP contribution in [0.25, 0.3) is 0 Å². The zero-order chi connectivity index (χ0) is 17.6. The van der Waals surface area contributed by atoms with Crippen LogP contribution in [0.15, 0.2) is 60.7 Å². The summed E-state index contributed by atoms with van der Waals surface area (Å²) in [6.07, 6.45) is 0. The van der Waals surface area contributed by atoms with E-state index in [1.165, 1.54) is 5.69 Å². The molecule has 1 unspecified atom stereocenters. The van der Waals surface area contributed by atoms with Gasteiger partial charge in [-0.15, -0.1) is 0 Å². The number of carbonyl (C=O) groups excluding carboxylic acids is 2. The minimum Gasteiger partial charge on any atom is -0.368 e. The Labute approximate surface area is 148 Å². The second-order valence-corrected chi connectivity index (χ2v) is 6.27. The lowest BCUT2D eigenvalue weighted by Crippen LogP contribution is -2.56. The van der Waals surface area contributed by atoms with Crippen LogP contribution in [0.4, 0.5) is 5.69 Å². The Morgan fingerprint density at radius 3 is 2.28 bits per heavy atom. The fraction of sp³-hybridized carbons (Fsp3) is 0.300. The van der Waals surface area contributed by atoms with Crippen molar-refractivity contribution in [3.8, 4) is 0 Å². The number of para-hydroxylation sites is 1. The molecule has 1 saturated heterocycles. The van der Waals surface area contributed by atoms with E-state index >= 15 is 0 Å². The quantitative estimate of drug-likeness (QED) is 0.930. The monoisotopic (exact) mass is 337 g/mol. The van der Waals surface area contributed by atoms with E-state index in [9.17, 15) is 9.59 Å². The van der Waals surface area contributed by atoms with Crippen molar-refractivity contribution >= 4 is 17.5 Å². The molecule has 1 atom stereocenters. The van der Waals surface area contributed by atoms with Gasteiger partial charge < -0.3 is 15.1 Å². The molecule has 5 heteroatoms. The molecule has 0 aliphatic carbocycles. The fourth-order valence-electron chi connectivity index (χ4n) is 3.15. The number of hydrogen-bond acceptors (Lipinski definition) is 3. The molecule has 25 heavy (non-hydrogen) atoms. The molecule has 0 bridgehead atoms. The molecule has 5 nitrogen and oxygen atoms in total. The first-order valence-electron chi connectivity index (χ1n) is 8.58. The summed E-state index contributed by atoms with van der Waals surface area (Å²) in [5.74, 6) is -0.256. The molecule has 1 aliphatic heterocycles. The molecule has 2 aromatic carbocycles. The molecule has 3 rings (SSSR count). The van der Waals surface area contributed by atoms with Crippen LogP contribution >= 0.6 is 0 Å². The van der Waals surface area contributed by atoms with Gasteiger partial charge >= 0.3 is 0 Å². The second-order valence-electron chi connectivity index (χ2n) is 6.27. The first-order chi connectivity index (χ1) is 12.1. The summed E-state index contributed by atoms with van der Waals surface area (Å²) in [5.41, 5.74) is 1.75. The maximum absolute atomic E-state index is 12.5. The highest BCUT2D eigenvalue weighted by Gasteiger charge is 2.27. The molecule has 1 N–H and O–H groups in total. The van der Waals surface area contributed by atoms with E-state index in [0.29, 0.717) is 12.1 Å². The van der Waals surface area contributed by atoms with Crippen molar-refractivity contribution in [2.24, 2.45) is 0 Å². The van der Waals surface area contributed by atoms with Gasteiger partial charge in [0.1, 0.15) is 0 Å². The zero-order valence-corrected chi connectivity index (χ0v) is 14.4. The number of piperazine rings is 1. The summed E-state index contributed by atoms with van der Waals surface area (Å²) in [6.45, 7) is 4.33. The van der Waals surface area contributed by atoms with Gasteiger partial charge in [-0.05, 0) is 31.2 Å². The summed E-state index contributed by atoms with van der Waals surface area (Å²) in [4.78, 5) is 28.7. The van der Waals surface area contributed by atoms with Crippen LogP contribution in [0, 0.1) is 0 Å². The van der Waals surface area contributed by atoms with Crippen LogP contribution in [-0.2, 0) is 4.79 Å². The number of hydrogen-bond donors (Lipinski definition) is 1. The normalized spacial score (nSPS) is 17.2. The molecule has 0 spiro atoms. The van der Waals surface area contributed by atoms with E-state index in [4.69, 9.17) is 0 Å². The van der Waals surface area contributed by atoms with Crippen LogP contribution in [0.5, 0.6) is 0 Å².